The molecule has 0 saturated heterocycles. The molecule has 0 fully saturated rings. The van der Waals surface area contributed by atoms with Crippen LogP contribution in [0.5, 0.6) is 0 Å². The highest BCUT2D eigenvalue weighted by molar-refractivity contribution is 7.90. The van der Waals surface area contributed by atoms with Crippen molar-refractivity contribution in [3.05, 3.63) is 59.7 Å². The molecule has 0 saturated carbocycles. The van der Waals surface area contributed by atoms with Crippen LogP contribution in [0.4, 0.5) is 0 Å². The average Bonchev–Trinajstić information content (AvgIpc) is 2.54. The van der Waals surface area contributed by atoms with E-state index in [2.05, 4.69) is 4.72 Å². The number of benzene rings is 2. The molecule has 2 aromatic carbocycles. The minimum atomic E-state index is -3.75. The molecule has 0 aliphatic carbocycles. The lowest BCUT2D eigenvalue weighted by Crippen LogP contribution is -2.26. The third-order valence-corrected chi connectivity index (χ3v) is 6.12. The smallest absolute Gasteiger partial charge is 0.224 e. The molecule has 8 heteroatoms. The van der Waals surface area contributed by atoms with Crippen LogP contribution in [-0.4, -0.2) is 23.1 Å². The highest BCUT2D eigenvalue weighted by atomic mass is 32.2. The van der Waals surface area contributed by atoms with Crippen molar-refractivity contribution in [1.82, 2.24) is 4.72 Å². The molecular weight excluding hydrogens is 348 g/mol. The summed E-state index contributed by atoms with van der Waals surface area (Å²) in [6.07, 6.45) is 1.11. The normalized spacial score (nSPS) is 13.2. The maximum absolute atomic E-state index is 12.4. The van der Waals surface area contributed by atoms with E-state index in [1.54, 1.807) is 19.1 Å². The van der Waals surface area contributed by atoms with Gasteiger partial charge in [-0.3, -0.25) is 0 Å². The second-order valence-electron chi connectivity index (χ2n) is 5.32. The molecule has 0 amide bonds. The summed E-state index contributed by atoms with van der Waals surface area (Å²) in [5, 5.41) is 8.75. The zero-order valence-corrected chi connectivity index (χ0v) is 14.7. The molecule has 2 aromatic rings. The van der Waals surface area contributed by atoms with Gasteiger partial charge in [0, 0.05) is 12.3 Å². The maximum atomic E-state index is 12.4. The summed E-state index contributed by atoms with van der Waals surface area (Å²) in [5.74, 6) is 0. The summed E-state index contributed by atoms with van der Waals surface area (Å²) in [7, 11) is -7.04. The standard InChI is InChI=1S/C16H16N2O4S2/c1-12(14-5-9-15(10-6-14)23(2,19)20)18-24(21,22)16-7-3-13(11-17)4-8-16/h3-10,12,18H,1-2H3/t12-/m0/s1. The Morgan fingerprint density at radius 1 is 0.917 bits per heavy atom. The second kappa shape index (κ2) is 6.73. The summed E-state index contributed by atoms with van der Waals surface area (Å²) in [6.45, 7) is 1.66. The zero-order valence-electron chi connectivity index (χ0n) is 13.1. The SMILES string of the molecule is C[C@H](NS(=O)(=O)c1ccc(C#N)cc1)c1ccc(S(C)(=O)=O)cc1. The minimum absolute atomic E-state index is 0.0566. The van der Waals surface area contributed by atoms with Crippen LogP contribution >= 0.6 is 0 Å². The van der Waals surface area contributed by atoms with Crippen molar-refractivity contribution in [3.8, 4) is 6.07 Å². The zero-order chi connectivity index (χ0) is 18.0. The van der Waals surface area contributed by atoms with Crippen LogP contribution < -0.4 is 4.72 Å². The van der Waals surface area contributed by atoms with E-state index in [9.17, 15) is 16.8 Å². The lowest BCUT2D eigenvalue weighted by Gasteiger charge is -2.15. The van der Waals surface area contributed by atoms with Gasteiger partial charge in [0.05, 0.1) is 21.4 Å². The van der Waals surface area contributed by atoms with Gasteiger partial charge in [0.15, 0.2) is 9.84 Å². The van der Waals surface area contributed by atoms with E-state index >= 15 is 0 Å². The van der Waals surface area contributed by atoms with Gasteiger partial charge in [0.25, 0.3) is 0 Å². The van der Waals surface area contributed by atoms with Crippen LogP contribution in [0.15, 0.2) is 58.3 Å². The summed E-state index contributed by atoms with van der Waals surface area (Å²) in [4.78, 5) is 0.231. The third-order valence-electron chi connectivity index (χ3n) is 3.43. The Kier molecular flexibility index (Phi) is 5.08. The van der Waals surface area contributed by atoms with Crippen LogP contribution in [-0.2, 0) is 19.9 Å². The summed E-state index contributed by atoms with van der Waals surface area (Å²) < 4.78 is 50.1. The van der Waals surface area contributed by atoms with Crippen LogP contribution in [0.25, 0.3) is 0 Å². The fraction of sp³-hybridized carbons (Fsp3) is 0.188. The van der Waals surface area contributed by atoms with E-state index in [-0.39, 0.29) is 9.79 Å². The lowest BCUT2D eigenvalue weighted by molar-refractivity contribution is 0.566. The van der Waals surface area contributed by atoms with Gasteiger partial charge in [0.1, 0.15) is 0 Å². The second-order valence-corrected chi connectivity index (χ2v) is 9.05. The highest BCUT2D eigenvalue weighted by Gasteiger charge is 2.18. The Bertz CT molecular complexity index is 972. The van der Waals surface area contributed by atoms with Crippen molar-refractivity contribution in [3.63, 3.8) is 0 Å². The molecule has 0 heterocycles. The van der Waals surface area contributed by atoms with E-state index in [1.807, 2.05) is 6.07 Å². The molecule has 0 bridgehead atoms. The van der Waals surface area contributed by atoms with Crippen molar-refractivity contribution in [2.75, 3.05) is 6.26 Å². The van der Waals surface area contributed by atoms with Crippen molar-refractivity contribution in [2.24, 2.45) is 0 Å². The van der Waals surface area contributed by atoms with Gasteiger partial charge in [-0.25, -0.2) is 21.6 Å². The molecule has 126 valence electrons. The maximum Gasteiger partial charge on any atom is 0.241 e. The largest absolute Gasteiger partial charge is 0.241 e. The average molecular weight is 364 g/mol. The monoisotopic (exact) mass is 364 g/mol. The van der Waals surface area contributed by atoms with Crippen LogP contribution in [0, 0.1) is 11.3 Å². The van der Waals surface area contributed by atoms with E-state index in [0.717, 1.165) is 6.26 Å². The van der Waals surface area contributed by atoms with Gasteiger partial charge in [-0.05, 0) is 48.9 Å². The Morgan fingerprint density at radius 2 is 1.42 bits per heavy atom. The van der Waals surface area contributed by atoms with Gasteiger partial charge in [0.2, 0.25) is 10.0 Å². The summed E-state index contributed by atoms with van der Waals surface area (Å²) >= 11 is 0. The van der Waals surface area contributed by atoms with Crippen molar-refractivity contribution in [1.29, 1.82) is 5.26 Å². The number of rotatable bonds is 5. The number of nitrogens with zero attached hydrogens (tertiary/aromatic N) is 1. The molecule has 24 heavy (non-hydrogen) atoms. The van der Waals surface area contributed by atoms with Crippen LogP contribution in [0.2, 0.25) is 0 Å². The Morgan fingerprint density at radius 3 is 1.88 bits per heavy atom. The number of hydrogen-bond acceptors (Lipinski definition) is 5. The van der Waals surface area contributed by atoms with Gasteiger partial charge < -0.3 is 0 Å². The predicted molar refractivity (Wildman–Crippen MR) is 89.4 cm³/mol. The molecule has 1 atom stereocenters. The number of sulfonamides is 1. The number of nitrogens with one attached hydrogen (secondary N) is 1. The van der Waals surface area contributed by atoms with Crippen molar-refractivity contribution < 1.29 is 16.8 Å². The molecular formula is C16H16N2O4S2. The molecule has 6 nitrogen and oxygen atoms in total. The Labute approximate surface area is 141 Å². The molecule has 2 rings (SSSR count). The molecule has 0 spiro atoms. The van der Waals surface area contributed by atoms with Crippen molar-refractivity contribution >= 4 is 19.9 Å². The first-order chi connectivity index (χ1) is 11.1. The predicted octanol–water partition coefficient (Wildman–Crippen LogP) is 2.00. The minimum Gasteiger partial charge on any atom is -0.224 e. The first-order valence-corrected chi connectivity index (χ1v) is 10.3. The molecule has 1 N–H and O–H groups in total. The van der Waals surface area contributed by atoms with E-state index < -0.39 is 25.9 Å². The topological polar surface area (TPSA) is 104 Å². The Hall–Kier alpha value is -2.21. The fourth-order valence-corrected chi connectivity index (χ4v) is 3.94. The van der Waals surface area contributed by atoms with Gasteiger partial charge >= 0.3 is 0 Å². The molecule has 0 aromatic heterocycles. The van der Waals surface area contributed by atoms with E-state index in [1.165, 1.54) is 36.4 Å². The summed E-state index contributed by atoms with van der Waals surface area (Å²) in [6, 6.07) is 13.0. The van der Waals surface area contributed by atoms with Crippen molar-refractivity contribution in [2.45, 2.75) is 22.8 Å². The lowest BCUT2D eigenvalue weighted by atomic mass is 10.1. The quantitative estimate of drug-likeness (QED) is 0.874. The van der Waals surface area contributed by atoms with E-state index in [0.29, 0.717) is 11.1 Å². The molecule has 0 aliphatic heterocycles. The Balaban J connectivity index is 2.21. The summed E-state index contributed by atoms with van der Waals surface area (Å²) in [5.41, 5.74) is 1.01. The van der Waals surface area contributed by atoms with Crippen LogP contribution in [0.3, 0.4) is 0 Å². The van der Waals surface area contributed by atoms with Gasteiger partial charge in [-0.1, -0.05) is 12.1 Å². The van der Waals surface area contributed by atoms with Gasteiger partial charge in [-0.15, -0.1) is 0 Å². The highest BCUT2D eigenvalue weighted by Crippen LogP contribution is 2.19. The third kappa shape index (κ3) is 4.20. The first-order valence-electron chi connectivity index (χ1n) is 6.96. The fourth-order valence-electron chi connectivity index (χ4n) is 2.08. The van der Waals surface area contributed by atoms with Gasteiger partial charge in [-0.2, -0.15) is 5.26 Å². The van der Waals surface area contributed by atoms with E-state index in [4.69, 9.17) is 5.26 Å². The first kappa shape index (κ1) is 18.1. The number of sulfone groups is 1. The number of hydrogen-bond donors (Lipinski definition) is 1. The number of nitriles is 1. The molecule has 0 unspecified atom stereocenters. The van der Waals surface area contributed by atoms with Crippen LogP contribution in [0.1, 0.15) is 24.1 Å². The molecule has 0 aliphatic rings. The molecule has 0 radical (unpaired) electrons.